The number of amides is 2. The minimum atomic E-state index is -0.135. The van der Waals surface area contributed by atoms with Crippen molar-refractivity contribution >= 4 is 46.6 Å². The summed E-state index contributed by atoms with van der Waals surface area (Å²) in [6.07, 6.45) is 2.10. The predicted octanol–water partition coefficient (Wildman–Crippen LogP) is 4.34. The summed E-state index contributed by atoms with van der Waals surface area (Å²) in [5.41, 5.74) is 7.55. The molecule has 1 aromatic carbocycles. The van der Waals surface area contributed by atoms with Crippen LogP contribution in [0.4, 0.5) is 5.69 Å². The minimum absolute atomic E-state index is 0.0888. The molecule has 0 fully saturated rings. The first-order chi connectivity index (χ1) is 17.3. The number of nitrogens with one attached hydrogen (secondary N) is 3. The highest BCUT2D eigenvalue weighted by atomic mass is 32.1. The molecule has 3 heterocycles. The zero-order chi connectivity index (χ0) is 26.2. The molecule has 3 N–H and O–H groups in total. The van der Waals surface area contributed by atoms with Crippen LogP contribution in [0.15, 0.2) is 35.0 Å². The van der Waals surface area contributed by atoms with Gasteiger partial charge in [0.05, 0.1) is 11.1 Å². The first-order valence-electron chi connectivity index (χ1n) is 11.7. The highest BCUT2D eigenvalue weighted by molar-refractivity contribution is 7.08. The first kappa shape index (κ1) is 26.8. The highest BCUT2D eigenvalue weighted by Gasteiger charge is 2.26. The SMILES string of the molecule is CCN(CC)CCNC(=O)c1c(C)[nH]c(/C=C2\C(=O)Nc3ccc(-c4ccsc4)cc32)c1C.O=C=O. The van der Waals surface area contributed by atoms with Gasteiger partial charge in [-0.3, -0.25) is 9.59 Å². The number of aromatic nitrogens is 1. The average molecular weight is 507 g/mol. The third-order valence-electron chi connectivity index (χ3n) is 6.26. The van der Waals surface area contributed by atoms with Gasteiger partial charge in [-0.15, -0.1) is 0 Å². The smallest absolute Gasteiger partial charge is 0.358 e. The third-order valence-corrected chi connectivity index (χ3v) is 6.94. The maximum absolute atomic E-state index is 12.9. The fourth-order valence-corrected chi connectivity index (χ4v) is 4.96. The fraction of sp³-hybridized carbons (Fsp3) is 0.296. The number of H-pyrrole nitrogens is 1. The van der Waals surface area contributed by atoms with E-state index < -0.39 is 0 Å². The van der Waals surface area contributed by atoms with Gasteiger partial charge in [-0.2, -0.15) is 20.9 Å². The normalized spacial score (nSPS) is 13.1. The number of rotatable bonds is 8. The summed E-state index contributed by atoms with van der Waals surface area (Å²) >= 11 is 1.65. The summed E-state index contributed by atoms with van der Waals surface area (Å²) < 4.78 is 0. The molecule has 1 aliphatic rings. The molecule has 0 bridgehead atoms. The fourth-order valence-electron chi connectivity index (χ4n) is 4.30. The molecule has 36 heavy (non-hydrogen) atoms. The minimum Gasteiger partial charge on any atom is -0.358 e. The second kappa shape index (κ2) is 12.3. The van der Waals surface area contributed by atoms with Crippen molar-refractivity contribution in [3.8, 4) is 11.1 Å². The van der Waals surface area contributed by atoms with Crippen molar-refractivity contribution in [2.75, 3.05) is 31.5 Å². The molecule has 1 aliphatic heterocycles. The van der Waals surface area contributed by atoms with Crippen LogP contribution in [0.3, 0.4) is 0 Å². The van der Waals surface area contributed by atoms with E-state index in [1.807, 2.05) is 43.5 Å². The number of anilines is 1. The molecule has 2 aromatic heterocycles. The van der Waals surface area contributed by atoms with Gasteiger partial charge in [-0.25, -0.2) is 0 Å². The number of hydrogen-bond acceptors (Lipinski definition) is 6. The number of benzene rings is 1. The van der Waals surface area contributed by atoms with Gasteiger partial charge in [0, 0.05) is 35.7 Å². The van der Waals surface area contributed by atoms with Crippen LogP contribution in [0.1, 0.15) is 46.7 Å². The number of fused-ring (bicyclic) bond motifs is 1. The number of aromatic amines is 1. The number of carbonyl (C=O) groups is 2. The highest BCUT2D eigenvalue weighted by Crippen LogP contribution is 2.37. The Morgan fingerprint density at radius 3 is 2.50 bits per heavy atom. The summed E-state index contributed by atoms with van der Waals surface area (Å²) in [6, 6.07) is 8.09. The van der Waals surface area contributed by atoms with Gasteiger partial charge in [0.1, 0.15) is 0 Å². The lowest BCUT2D eigenvalue weighted by molar-refractivity contribution is -0.191. The van der Waals surface area contributed by atoms with E-state index in [0.717, 1.165) is 59.0 Å². The van der Waals surface area contributed by atoms with Crippen molar-refractivity contribution in [2.24, 2.45) is 0 Å². The molecule has 188 valence electrons. The molecule has 9 heteroatoms. The Morgan fingerprint density at radius 2 is 1.86 bits per heavy atom. The van der Waals surface area contributed by atoms with Crippen molar-refractivity contribution < 1.29 is 19.2 Å². The Kier molecular flexibility index (Phi) is 9.13. The summed E-state index contributed by atoms with van der Waals surface area (Å²) in [5.74, 6) is -0.224. The lowest BCUT2D eigenvalue weighted by Gasteiger charge is -2.18. The van der Waals surface area contributed by atoms with Crippen molar-refractivity contribution in [3.63, 3.8) is 0 Å². The van der Waals surface area contributed by atoms with Crippen LogP contribution in [0, 0.1) is 13.8 Å². The quantitative estimate of drug-likeness (QED) is 0.394. The van der Waals surface area contributed by atoms with Crippen molar-refractivity contribution in [2.45, 2.75) is 27.7 Å². The molecule has 0 unspecified atom stereocenters. The maximum Gasteiger partial charge on any atom is 0.373 e. The first-order valence-corrected chi connectivity index (χ1v) is 12.7. The molecule has 0 radical (unpaired) electrons. The Hall–Kier alpha value is -3.78. The molecule has 0 aliphatic carbocycles. The predicted molar refractivity (Wildman–Crippen MR) is 142 cm³/mol. The monoisotopic (exact) mass is 506 g/mol. The summed E-state index contributed by atoms with van der Waals surface area (Å²) in [6.45, 7) is 11.4. The van der Waals surface area contributed by atoms with Gasteiger partial charge in [0.15, 0.2) is 0 Å². The maximum atomic E-state index is 12.9. The second-order valence-electron chi connectivity index (χ2n) is 8.31. The Balaban J connectivity index is 0.00000115. The van der Waals surface area contributed by atoms with Crippen molar-refractivity contribution in [3.05, 3.63) is 63.1 Å². The molecular formula is C27H30N4O4S. The second-order valence-corrected chi connectivity index (χ2v) is 9.09. The van der Waals surface area contributed by atoms with Crippen LogP contribution in [0.25, 0.3) is 22.8 Å². The van der Waals surface area contributed by atoms with Crippen LogP contribution < -0.4 is 10.6 Å². The number of aryl methyl sites for hydroxylation is 1. The van der Waals surface area contributed by atoms with E-state index in [9.17, 15) is 9.59 Å². The lowest BCUT2D eigenvalue weighted by Crippen LogP contribution is -2.35. The van der Waals surface area contributed by atoms with Gasteiger partial charge in [0.2, 0.25) is 0 Å². The van der Waals surface area contributed by atoms with E-state index in [1.165, 1.54) is 0 Å². The Morgan fingerprint density at radius 1 is 1.14 bits per heavy atom. The molecule has 4 rings (SSSR count). The largest absolute Gasteiger partial charge is 0.373 e. The zero-order valence-corrected chi connectivity index (χ0v) is 21.7. The summed E-state index contributed by atoms with van der Waals surface area (Å²) in [7, 11) is 0. The van der Waals surface area contributed by atoms with Crippen LogP contribution in [-0.4, -0.2) is 54.0 Å². The number of thiophene rings is 1. The van der Waals surface area contributed by atoms with Crippen LogP contribution >= 0.6 is 11.3 Å². The molecule has 0 saturated carbocycles. The Bertz CT molecular complexity index is 1300. The number of hydrogen-bond donors (Lipinski definition) is 3. The number of likely N-dealkylation sites (N-methyl/N-ethyl adjacent to an activating group) is 1. The molecule has 0 spiro atoms. The number of nitrogens with zero attached hydrogens (tertiary/aromatic N) is 1. The molecule has 0 saturated heterocycles. The molecular weight excluding hydrogens is 476 g/mol. The van der Waals surface area contributed by atoms with Gasteiger partial charge < -0.3 is 20.5 Å². The topological polar surface area (TPSA) is 111 Å². The van der Waals surface area contributed by atoms with E-state index in [4.69, 9.17) is 9.59 Å². The van der Waals surface area contributed by atoms with Gasteiger partial charge >= 0.3 is 6.15 Å². The van der Waals surface area contributed by atoms with E-state index >= 15 is 0 Å². The summed E-state index contributed by atoms with van der Waals surface area (Å²) in [4.78, 5) is 47.5. The molecule has 2 amide bonds. The van der Waals surface area contributed by atoms with Crippen molar-refractivity contribution in [1.29, 1.82) is 0 Å². The third kappa shape index (κ3) is 5.88. The lowest BCUT2D eigenvalue weighted by atomic mass is 9.99. The van der Waals surface area contributed by atoms with Crippen LogP contribution in [0.5, 0.6) is 0 Å². The van der Waals surface area contributed by atoms with Gasteiger partial charge in [-0.1, -0.05) is 19.9 Å². The Labute approximate surface area is 214 Å². The molecule has 8 nitrogen and oxygen atoms in total. The van der Waals surface area contributed by atoms with E-state index in [-0.39, 0.29) is 18.0 Å². The van der Waals surface area contributed by atoms with Gasteiger partial charge in [0.25, 0.3) is 11.8 Å². The van der Waals surface area contributed by atoms with Crippen molar-refractivity contribution in [1.82, 2.24) is 15.2 Å². The molecule has 0 atom stereocenters. The zero-order valence-electron chi connectivity index (χ0n) is 20.9. The van der Waals surface area contributed by atoms with Crippen LogP contribution in [0.2, 0.25) is 0 Å². The van der Waals surface area contributed by atoms with Gasteiger partial charge in [-0.05, 0) is 78.7 Å². The van der Waals surface area contributed by atoms with E-state index in [0.29, 0.717) is 17.7 Å². The molecule has 3 aromatic rings. The van der Waals surface area contributed by atoms with E-state index in [2.05, 4.69) is 45.8 Å². The van der Waals surface area contributed by atoms with Crippen LogP contribution in [-0.2, 0) is 14.4 Å². The standard InChI is InChI=1S/C26H30N4O2S.CO2/c1-5-30(6-2)11-10-27-26(32)24-16(3)23(28-17(24)4)14-21-20-13-18(19-9-12-33-15-19)7-8-22(20)29-25(21)31;2-1-3/h7-9,12-15,28H,5-6,10-11H2,1-4H3,(H,27,32)(H,29,31);/b21-14-;. The number of carbonyl (C=O) groups excluding carboxylic acids is 4. The average Bonchev–Trinajstić information content (AvgIpc) is 3.56. The van der Waals surface area contributed by atoms with E-state index in [1.54, 1.807) is 11.3 Å². The summed E-state index contributed by atoms with van der Waals surface area (Å²) in [5, 5.41) is 10.1.